The number of hydrogen-bond donors (Lipinski definition) is 3. The fourth-order valence-corrected chi connectivity index (χ4v) is 2.79. The van der Waals surface area contributed by atoms with E-state index in [1.54, 1.807) is 18.3 Å². The van der Waals surface area contributed by atoms with E-state index in [2.05, 4.69) is 15.3 Å². The van der Waals surface area contributed by atoms with Crippen LogP contribution in [0, 0.1) is 0 Å². The number of anilines is 1. The molecule has 3 aromatic rings. The zero-order valence-corrected chi connectivity index (χ0v) is 15.2. The summed E-state index contributed by atoms with van der Waals surface area (Å²) in [6, 6.07) is 14.7. The first kappa shape index (κ1) is 18.2. The lowest BCUT2D eigenvalue weighted by Gasteiger charge is -2.12. The van der Waals surface area contributed by atoms with E-state index in [1.807, 2.05) is 43.3 Å². The summed E-state index contributed by atoms with van der Waals surface area (Å²) in [5, 5.41) is 14.1. The summed E-state index contributed by atoms with van der Waals surface area (Å²) in [4.78, 5) is 8.80. The quantitative estimate of drug-likeness (QED) is 0.603. The van der Waals surface area contributed by atoms with Gasteiger partial charge in [0.05, 0.1) is 5.56 Å². The van der Waals surface area contributed by atoms with Gasteiger partial charge in [-0.15, -0.1) is 0 Å². The molecular weight excluding hydrogens is 348 g/mol. The molecule has 1 aromatic heterocycles. The van der Waals surface area contributed by atoms with Crippen molar-refractivity contribution in [3.05, 3.63) is 59.8 Å². The molecule has 0 spiro atoms. The minimum Gasteiger partial charge on any atom is -0.507 e. The van der Waals surface area contributed by atoms with Gasteiger partial charge < -0.3 is 16.2 Å². The van der Waals surface area contributed by atoms with Gasteiger partial charge in [0, 0.05) is 29.4 Å². The van der Waals surface area contributed by atoms with Crippen LogP contribution in [0.1, 0.15) is 13.3 Å². The van der Waals surface area contributed by atoms with E-state index in [1.165, 1.54) is 0 Å². The minimum absolute atomic E-state index is 0.0605. The van der Waals surface area contributed by atoms with Crippen molar-refractivity contribution in [3.8, 4) is 28.3 Å². The van der Waals surface area contributed by atoms with E-state index < -0.39 is 0 Å². The zero-order valence-electron chi connectivity index (χ0n) is 14.5. The van der Waals surface area contributed by atoms with Crippen LogP contribution in [0.25, 0.3) is 22.5 Å². The van der Waals surface area contributed by atoms with Crippen molar-refractivity contribution in [2.24, 2.45) is 5.73 Å². The van der Waals surface area contributed by atoms with E-state index in [0.29, 0.717) is 28.8 Å². The molecule has 3 rings (SSSR count). The molecule has 0 fully saturated rings. The molecule has 0 radical (unpaired) electrons. The summed E-state index contributed by atoms with van der Waals surface area (Å²) in [6.07, 6.45) is 2.54. The number of aromatic hydroxyl groups is 1. The summed E-state index contributed by atoms with van der Waals surface area (Å²) in [5.74, 6) is 1.22. The highest BCUT2D eigenvalue weighted by Crippen LogP contribution is 2.34. The summed E-state index contributed by atoms with van der Waals surface area (Å²) in [5.41, 5.74) is 8.26. The number of aromatic nitrogens is 2. The Bertz CT molecular complexity index is 900. The normalized spacial score (nSPS) is 12.0. The number of halogens is 1. The van der Waals surface area contributed by atoms with Crippen LogP contribution in [0.4, 0.5) is 5.82 Å². The predicted octanol–water partition coefficient (Wildman–Crippen LogP) is 4.32. The van der Waals surface area contributed by atoms with Gasteiger partial charge in [-0.25, -0.2) is 9.97 Å². The van der Waals surface area contributed by atoms with Gasteiger partial charge in [-0.2, -0.15) is 0 Å². The molecule has 0 aliphatic heterocycles. The first-order valence-electron chi connectivity index (χ1n) is 8.49. The Morgan fingerprint density at radius 3 is 2.73 bits per heavy atom. The second-order valence-electron chi connectivity index (χ2n) is 6.03. The molecule has 0 saturated carbocycles. The fourth-order valence-electron chi connectivity index (χ4n) is 2.54. The SMILES string of the molecule is CC[C@@H](N)CNc1ccnc(-c2cc(-c3ccccc3Cl)ccc2O)n1. The molecule has 1 atom stereocenters. The van der Waals surface area contributed by atoms with Crippen molar-refractivity contribution >= 4 is 17.4 Å². The average Bonchev–Trinajstić information content (AvgIpc) is 2.67. The molecule has 4 N–H and O–H groups in total. The Labute approximate surface area is 157 Å². The van der Waals surface area contributed by atoms with Crippen molar-refractivity contribution in [1.29, 1.82) is 0 Å². The van der Waals surface area contributed by atoms with E-state index in [0.717, 1.165) is 17.5 Å². The molecule has 1 heterocycles. The maximum Gasteiger partial charge on any atom is 0.165 e. The van der Waals surface area contributed by atoms with Gasteiger partial charge in [-0.05, 0) is 36.2 Å². The minimum atomic E-state index is 0.0605. The topological polar surface area (TPSA) is 84.1 Å². The van der Waals surface area contributed by atoms with Crippen molar-refractivity contribution < 1.29 is 5.11 Å². The smallest absolute Gasteiger partial charge is 0.165 e. The fraction of sp³-hybridized carbons (Fsp3) is 0.200. The van der Waals surface area contributed by atoms with Crippen LogP contribution < -0.4 is 11.1 Å². The summed E-state index contributed by atoms with van der Waals surface area (Å²) < 4.78 is 0. The van der Waals surface area contributed by atoms with Crippen LogP contribution >= 0.6 is 11.6 Å². The molecule has 5 nitrogen and oxygen atoms in total. The van der Waals surface area contributed by atoms with Crippen LogP contribution in [0.15, 0.2) is 54.7 Å². The molecule has 0 saturated heterocycles. The molecule has 0 aliphatic carbocycles. The van der Waals surface area contributed by atoms with Gasteiger partial charge in [0.1, 0.15) is 11.6 Å². The standard InChI is InChI=1S/C20H21ClN4O/c1-2-14(22)12-24-19-9-10-23-20(25-19)16-11-13(7-8-18(16)26)15-5-3-4-6-17(15)21/h3-11,14,26H,2,12,22H2,1H3,(H,23,24,25)/t14-/m1/s1. The highest BCUT2D eigenvalue weighted by molar-refractivity contribution is 6.33. The third kappa shape index (κ3) is 4.12. The lowest BCUT2D eigenvalue weighted by molar-refractivity contribution is 0.477. The van der Waals surface area contributed by atoms with Crippen LogP contribution in [-0.4, -0.2) is 27.7 Å². The van der Waals surface area contributed by atoms with E-state index in [-0.39, 0.29) is 11.8 Å². The summed E-state index contributed by atoms with van der Waals surface area (Å²) in [6.45, 7) is 2.66. The number of nitrogens with one attached hydrogen (secondary N) is 1. The number of phenolic OH excluding ortho intramolecular Hbond substituents is 1. The number of rotatable bonds is 6. The highest BCUT2D eigenvalue weighted by atomic mass is 35.5. The van der Waals surface area contributed by atoms with E-state index in [9.17, 15) is 5.11 Å². The van der Waals surface area contributed by atoms with Gasteiger partial charge in [-0.3, -0.25) is 0 Å². The molecule has 0 amide bonds. The third-order valence-corrected chi connectivity index (χ3v) is 4.48. The Hall–Kier alpha value is -2.63. The van der Waals surface area contributed by atoms with Gasteiger partial charge in [0.2, 0.25) is 0 Å². The summed E-state index contributed by atoms with van der Waals surface area (Å²) >= 11 is 6.29. The number of phenols is 1. The average molecular weight is 369 g/mol. The van der Waals surface area contributed by atoms with Gasteiger partial charge in [0.15, 0.2) is 5.82 Å². The van der Waals surface area contributed by atoms with Crippen LogP contribution in [-0.2, 0) is 0 Å². The molecule has 0 bridgehead atoms. The Kier molecular flexibility index (Phi) is 5.71. The maximum atomic E-state index is 10.3. The van der Waals surface area contributed by atoms with Crippen LogP contribution in [0.5, 0.6) is 5.75 Å². The Balaban J connectivity index is 1.94. The molecular formula is C20H21ClN4O. The van der Waals surface area contributed by atoms with Crippen LogP contribution in [0.3, 0.4) is 0 Å². The highest BCUT2D eigenvalue weighted by Gasteiger charge is 2.12. The van der Waals surface area contributed by atoms with Crippen molar-refractivity contribution in [3.63, 3.8) is 0 Å². The molecule has 26 heavy (non-hydrogen) atoms. The van der Waals surface area contributed by atoms with Crippen molar-refractivity contribution in [2.75, 3.05) is 11.9 Å². The molecule has 0 unspecified atom stereocenters. The second-order valence-corrected chi connectivity index (χ2v) is 6.43. The Morgan fingerprint density at radius 1 is 1.15 bits per heavy atom. The first-order valence-corrected chi connectivity index (χ1v) is 8.87. The van der Waals surface area contributed by atoms with Gasteiger partial charge in [0.25, 0.3) is 0 Å². The number of nitrogens with two attached hydrogens (primary N) is 1. The van der Waals surface area contributed by atoms with Crippen LogP contribution in [0.2, 0.25) is 5.02 Å². The third-order valence-electron chi connectivity index (χ3n) is 4.15. The molecule has 6 heteroatoms. The number of nitrogens with zero attached hydrogens (tertiary/aromatic N) is 2. The number of benzene rings is 2. The van der Waals surface area contributed by atoms with Crippen molar-refractivity contribution in [2.45, 2.75) is 19.4 Å². The summed E-state index contributed by atoms with van der Waals surface area (Å²) in [7, 11) is 0. The second kappa shape index (κ2) is 8.17. The molecule has 134 valence electrons. The predicted molar refractivity (Wildman–Crippen MR) is 106 cm³/mol. The lowest BCUT2D eigenvalue weighted by atomic mass is 10.0. The lowest BCUT2D eigenvalue weighted by Crippen LogP contribution is -2.28. The molecule has 2 aromatic carbocycles. The Morgan fingerprint density at radius 2 is 1.96 bits per heavy atom. The monoisotopic (exact) mass is 368 g/mol. The largest absolute Gasteiger partial charge is 0.507 e. The first-order chi connectivity index (χ1) is 12.6. The van der Waals surface area contributed by atoms with E-state index >= 15 is 0 Å². The van der Waals surface area contributed by atoms with Gasteiger partial charge in [-0.1, -0.05) is 42.8 Å². The molecule has 0 aliphatic rings. The van der Waals surface area contributed by atoms with E-state index in [4.69, 9.17) is 17.3 Å². The maximum absolute atomic E-state index is 10.3. The number of hydrogen-bond acceptors (Lipinski definition) is 5. The zero-order chi connectivity index (χ0) is 18.5. The van der Waals surface area contributed by atoms with Gasteiger partial charge >= 0.3 is 0 Å². The van der Waals surface area contributed by atoms with Crippen molar-refractivity contribution in [1.82, 2.24) is 9.97 Å².